The minimum Gasteiger partial charge on any atom is -0.497 e. The van der Waals surface area contributed by atoms with E-state index in [4.69, 9.17) is 9.47 Å². The molecule has 0 unspecified atom stereocenters. The number of nitrogens with zero attached hydrogens (tertiary/aromatic N) is 1. The Morgan fingerprint density at radius 1 is 0.912 bits per heavy atom. The van der Waals surface area contributed by atoms with E-state index in [1.807, 2.05) is 41.3 Å². The van der Waals surface area contributed by atoms with Crippen LogP contribution in [0.15, 0.2) is 66.7 Å². The van der Waals surface area contributed by atoms with Crippen LogP contribution in [0.2, 0.25) is 0 Å². The first-order chi connectivity index (χ1) is 16.5. The maximum Gasteiger partial charge on any atom is 0.258 e. The largest absolute Gasteiger partial charge is 0.497 e. The summed E-state index contributed by atoms with van der Waals surface area (Å²) >= 11 is 0. The molecule has 2 amide bonds. The summed E-state index contributed by atoms with van der Waals surface area (Å²) in [6, 6.07) is 21.1. The normalized spacial score (nSPS) is 14.4. The lowest BCUT2D eigenvalue weighted by Gasteiger charge is -2.23. The third kappa shape index (κ3) is 5.22. The standard InChI is InChI=1S/C28H30N2O4/c1-19-16-23-8-4-21(18-29-27(31)15-7-20-5-11-24(33-2)12-6-20)17-26(23)30(19)28(32)22-9-13-25(34-3)14-10-22/h4-6,8-14,17,19H,7,15-16,18H2,1-3H3,(H,29,31)/t19-/m1/s1. The highest BCUT2D eigenvalue weighted by Gasteiger charge is 2.31. The van der Waals surface area contributed by atoms with Gasteiger partial charge >= 0.3 is 0 Å². The number of methoxy groups -OCH3 is 2. The summed E-state index contributed by atoms with van der Waals surface area (Å²) in [5.41, 5.74) is 4.74. The number of hydrogen-bond donors (Lipinski definition) is 1. The summed E-state index contributed by atoms with van der Waals surface area (Å²) in [6.07, 6.45) is 1.89. The van der Waals surface area contributed by atoms with Gasteiger partial charge < -0.3 is 19.7 Å². The molecule has 1 aliphatic heterocycles. The highest BCUT2D eigenvalue weighted by molar-refractivity contribution is 6.07. The molecule has 0 fully saturated rings. The third-order valence-electron chi connectivity index (χ3n) is 6.21. The van der Waals surface area contributed by atoms with Crippen molar-refractivity contribution in [2.45, 2.75) is 38.8 Å². The summed E-state index contributed by atoms with van der Waals surface area (Å²) in [5, 5.41) is 3.00. The zero-order chi connectivity index (χ0) is 24.1. The fraction of sp³-hybridized carbons (Fsp3) is 0.286. The topological polar surface area (TPSA) is 67.9 Å². The van der Waals surface area contributed by atoms with Gasteiger partial charge in [-0.2, -0.15) is 0 Å². The van der Waals surface area contributed by atoms with E-state index in [9.17, 15) is 9.59 Å². The zero-order valence-corrected chi connectivity index (χ0v) is 19.8. The van der Waals surface area contributed by atoms with Crippen molar-refractivity contribution in [2.24, 2.45) is 0 Å². The Balaban J connectivity index is 1.38. The third-order valence-corrected chi connectivity index (χ3v) is 6.21. The van der Waals surface area contributed by atoms with E-state index in [2.05, 4.69) is 18.3 Å². The van der Waals surface area contributed by atoms with E-state index in [0.717, 1.165) is 40.3 Å². The molecular weight excluding hydrogens is 428 g/mol. The Morgan fingerprint density at radius 3 is 2.18 bits per heavy atom. The number of ether oxygens (including phenoxy) is 2. The summed E-state index contributed by atoms with van der Waals surface area (Å²) in [7, 11) is 3.24. The van der Waals surface area contributed by atoms with E-state index >= 15 is 0 Å². The molecular formula is C28H30N2O4. The highest BCUT2D eigenvalue weighted by atomic mass is 16.5. The Bertz CT molecular complexity index is 1160. The lowest BCUT2D eigenvalue weighted by Crippen LogP contribution is -2.35. The maximum atomic E-state index is 13.3. The molecule has 0 saturated heterocycles. The number of amides is 2. The lowest BCUT2D eigenvalue weighted by atomic mass is 10.1. The van der Waals surface area contributed by atoms with Crippen LogP contribution in [0.3, 0.4) is 0 Å². The van der Waals surface area contributed by atoms with Crippen molar-refractivity contribution in [3.8, 4) is 11.5 Å². The lowest BCUT2D eigenvalue weighted by molar-refractivity contribution is -0.121. The number of carbonyl (C=O) groups excluding carboxylic acids is 2. The molecule has 1 N–H and O–H groups in total. The van der Waals surface area contributed by atoms with Crippen LogP contribution < -0.4 is 19.7 Å². The second kappa shape index (κ2) is 10.4. The SMILES string of the molecule is COc1ccc(CCC(=O)NCc2ccc3c(c2)N(C(=O)c2ccc(OC)cc2)[C@H](C)C3)cc1. The van der Waals surface area contributed by atoms with Gasteiger partial charge in [-0.05, 0) is 78.9 Å². The first-order valence-corrected chi connectivity index (χ1v) is 11.5. The fourth-order valence-electron chi connectivity index (χ4n) is 4.28. The Morgan fingerprint density at radius 2 is 1.53 bits per heavy atom. The molecule has 4 rings (SSSR count). The second-order valence-corrected chi connectivity index (χ2v) is 8.54. The number of benzene rings is 3. The van der Waals surface area contributed by atoms with Crippen molar-refractivity contribution in [1.82, 2.24) is 5.32 Å². The van der Waals surface area contributed by atoms with E-state index < -0.39 is 0 Å². The molecule has 176 valence electrons. The van der Waals surface area contributed by atoms with Crippen molar-refractivity contribution in [1.29, 1.82) is 0 Å². The second-order valence-electron chi connectivity index (χ2n) is 8.54. The van der Waals surface area contributed by atoms with E-state index in [-0.39, 0.29) is 17.9 Å². The van der Waals surface area contributed by atoms with E-state index in [0.29, 0.717) is 24.9 Å². The van der Waals surface area contributed by atoms with Crippen LogP contribution in [0.1, 0.15) is 40.4 Å². The van der Waals surface area contributed by atoms with E-state index in [1.165, 1.54) is 0 Å². The molecule has 0 spiro atoms. The number of carbonyl (C=O) groups is 2. The smallest absolute Gasteiger partial charge is 0.258 e. The molecule has 3 aromatic carbocycles. The van der Waals surface area contributed by atoms with Crippen LogP contribution in [-0.4, -0.2) is 32.1 Å². The molecule has 0 bridgehead atoms. The molecule has 6 heteroatoms. The number of nitrogens with one attached hydrogen (secondary N) is 1. The average molecular weight is 459 g/mol. The molecule has 1 aliphatic rings. The van der Waals surface area contributed by atoms with Gasteiger partial charge in [-0.15, -0.1) is 0 Å². The van der Waals surface area contributed by atoms with Crippen LogP contribution in [0.5, 0.6) is 11.5 Å². The quantitative estimate of drug-likeness (QED) is 0.538. The van der Waals surface area contributed by atoms with Gasteiger partial charge in [0.25, 0.3) is 5.91 Å². The summed E-state index contributed by atoms with van der Waals surface area (Å²) in [6.45, 7) is 2.48. The molecule has 3 aromatic rings. The minimum atomic E-state index is -0.0328. The summed E-state index contributed by atoms with van der Waals surface area (Å²) in [5.74, 6) is 1.49. The van der Waals surface area contributed by atoms with Gasteiger partial charge in [0.1, 0.15) is 11.5 Å². The molecule has 0 aliphatic carbocycles. The predicted molar refractivity (Wildman–Crippen MR) is 133 cm³/mol. The minimum absolute atomic E-state index is 0.00384. The van der Waals surface area contributed by atoms with Crippen LogP contribution in [0.4, 0.5) is 5.69 Å². The predicted octanol–water partition coefficient (Wildman–Crippen LogP) is 4.54. The Labute approximate surface area is 200 Å². The number of aryl methyl sites for hydroxylation is 1. The molecule has 1 atom stereocenters. The molecule has 0 radical (unpaired) electrons. The summed E-state index contributed by atoms with van der Waals surface area (Å²) in [4.78, 5) is 27.5. The first-order valence-electron chi connectivity index (χ1n) is 11.5. The fourth-order valence-corrected chi connectivity index (χ4v) is 4.28. The molecule has 34 heavy (non-hydrogen) atoms. The van der Waals surface area contributed by atoms with Gasteiger partial charge in [-0.3, -0.25) is 9.59 Å². The van der Waals surface area contributed by atoms with Crippen molar-refractivity contribution in [3.05, 3.63) is 89.0 Å². The highest BCUT2D eigenvalue weighted by Crippen LogP contribution is 2.34. The first kappa shape index (κ1) is 23.4. The van der Waals surface area contributed by atoms with Gasteiger partial charge in [0.05, 0.1) is 14.2 Å². The van der Waals surface area contributed by atoms with Gasteiger partial charge in [0.15, 0.2) is 0 Å². The van der Waals surface area contributed by atoms with Gasteiger partial charge in [0, 0.05) is 30.3 Å². The van der Waals surface area contributed by atoms with Crippen LogP contribution >= 0.6 is 0 Å². The molecule has 6 nitrogen and oxygen atoms in total. The van der Waals surface area contributed by atoms with Crippen LogP contribution in [0, 0.1) is 0 Å². The van der Waals surface area contributed by atoms with Crippen LogP contribution in [0.25, 0.3) is 0 Å². The average Bonchev–Trinajstić information content (AvgIpc) is 3.21. The number of rotatable bonds is 8. The summed E-state index contributed by atoms with van der Waals surface area (Å²) < 4.78 is 10.4. The van der Waals surface area contributed by atoms with Crippen molar-refractivity contribution < 1.29 is 19.1 Å². The maximum absolute atomic E-state index is 13.3. The van der Waals surface area contributed by atoms with Gasteiger partial charge in [-0.25, -0.2) is 0 Å². The zero-order valence-electron chi connectivity index (χ0n) is 19.8. The number of anilines is 1. The van der Waals surface area contributed by atoms with E-state index in [1.54, 1.807) is 38.5 Å². The molecule has 0 saturated carbocycles. The van der Waals surface area contributed by atoms with Gasteiger partial charge in [0.2, 0.25) is 5.91 Å². The Hall–Kier alpha value is -3.80. The Kier molecular flexibility index (Phi) is 7.16. The number of hydrogen-bond acceptors (Lipinski definition) is 4. The number of fused-ring (bicyclic) bond motifs is 1. The van der Waals surface area contributed by atoms with Crippen molar-refractivity contribution in [3.63, 3.8) is 0 Å². The van der Waals surface area contributed by atoms with Crippen molar-refractivity contribution >= 4 is 17.5 Å². The molecule has 0 aromatic heterocycles. The van der Waals surface area contributed by atoms with Crippen molar-refractivity contribution in [2.75, 3.05) is 19.1 Å². The monoisotopic (exact) mass is 458 g/mol. The molecule has 1 heterocycles. The van der Waals surface area contributed by atoms with Crippen LogP contribution in [-0.2, 0) is 24.2 Å². The van der Waals surface area contributed by atoms with Gasteiger partial charge in [-0.1, -0.05) is 24.3 Å².